The first-order chi connectivity index (χ1) is 25.5. The minimum absolute atomic E-state index is 0.0157. The van der Waals surface area contributed by atoms with Gasteiger partial charge >= 0.3 is 0 Å². The van der Waals surface area contributed by atoms with Gasteiger partial charge < -0.3 is 65.3 Å². The number of carbonyl (C=O) groups excluding carboxylic acids is 7. The summed E-state index contributed by atoms with van der Waals surface area (Å²) >= 11 is 0. The molecule has 0 radical (unpaired) electrons. The van der Waals surface area contributed by atoms with Gasteiger partial charge in [-0.1, -0.05) is 49.7 Å². The summed E-state index contributed by atoms with van der Waals surface area (Å²) in [5.74, 6) is -4.91. The number of aliphatic hydroxyl groups is 1. The number of nitrogens with one attached hydrogen (secondary N) is 7. The summed E-state index contributed by atoms with van der Waals surface area (Å²) in [4.78, 5) is 88.7. The van der Waals surface area contributed by atoms with Crippen LogP contribution in [0.1, 0.15) is 58.9 Å². The molecule has 19 heteroatoms. The zero-order valence-corrected chi connectivity index (χ0v) is 32.1. The number of hydrogen-bond acceptors (Lipinski definition) is 12. The van der Waals surface area contributed by atoms with Gasteiger partial charge in [0, 0.05) is 6.54 Å². The number of hydrogen-bond donors (Lipinski definition) is 12. The number of likely N-dealkylation sites (N-methyl/N-ethyl adjacent to an activating group) is 1. The van der Waals surface area contributed by atoms with E-state index in [4.69, 9.17) is 22.9 Å². The second-order valence-electron chi connectivity index (χ2n) is 12.9. The molecule has 0 aliphatic carbocycles. The van der Waals surface area contributed by atoms with Crippen molar-refractivity contribution in [2.24, 2.45) is 28.9 Å². The van der Waals surface area contributed by atoms with E-state index in [-0.39, 0.29) is 64.3 Å². The Morgan fingerprint density at radius 1 is 0.611 bits per heavy atom. The molecule has 19 nitrogen and oxygen atoms in total. The molecule has 16 N–H and O–H groups in total. The van der Waals surface area contributed by atoms with E-state index in [1.807, 2.05) is 32.0 Å². The Morgan fingerprint density at radius 2 is 1.07 bits per heavy atom. The molecule has 54 heavy (non-hydrogen) atoms. The van der Waals surface area contributed by atoms with Gasteiger partial charge in [-0.25, -0.2) is 0 Å². The molecule has 6 atom stereocenters. The Balaban J connectivity index is 0.00000356. The monoisotopic (exact) mass is 765 g/mol. The van der Waals surface area contributed by atoms with Crippen molar-refractivity contribution < 1.29 is 38.7 Å². The van der Waals surface area contributed by atoms with Gasteiger partial charge in [-0.05, 0) is 72.0 Å². The van der Waals surface area contributed by atoms with Crippen LogP contribution < -0.4 is 60.2 Å². The Kier molecular flexibility index (Phi) is 25.4. The normalized spacial score (nSPS) is 14.0. The molecule has 306 valence electrons. The van der Waals surface area contributed by atoms with Crippen LogP contribution in [0, 0.1) is 12.8 Å². The molecule has 0 heterocycles. The molecule has 0 saturated carbocycles. The van der Waals surface area contributed by atoms with Gasteiger partial charge in [-0.15, -0.1) is 0 Å². The number of carbonyl (C=O) groups is 7. The molecular weight excluding hydrogens is 702 g/mol. The van der Waals surface area contributed by atoms with Crippen molar-refractivity contribution in [1.82, 2.24) is 37.2 Å². The topological polar surface area (TPSA) is 328 Å². The van der Waals surface area contributed by atoms with E-state index in [0.29, 0.717) is 0 Å². The van der Waals surface area contributed by atoms with Crippen LogP contribution in [0.4, 0.5) is 0 Å². The van der Waals surface area contributed by atoms with Crippen molar-refractivity contribution >= 4 is 41.4 Å². The summed E-state index contributed by atoms with van der Waals surface area (Å²) in [5.41, 5.74) is 23.4. The predicted molar refractivity (Wildman–Crippen MR) is 204 cm³/mol. The summed E-state index contributed by atoms with van der Waals surface area (Å²) in [5, 5.41) is 27.4. The van der Waals surface area contributed by atoms with Crippen LogP contribution in [0.2, 0.25) is 0 Å². The van der Waals surface area contributed by atoms with Crippen molar-refractivity contribution in [2.45, 2.75) is 96.6 Å². The van der Waals surface area contributed by atoms with Gasteiger partial charge in [0.05, 0.1) is 19.2 Å². The summed E-state index contributed by atoms with van der Waals surface area (Å²) in [6.07, 6.45) is -1.02. The summed E-state index contributed by atoms with van der Waals surface area (Å²) in [6.45, 7) is 8.15. The molecule has 0 fully saturated rings. The maximum Gasteiger partial charge on any atom is 0.245 e. The lowest BCUT2D eigenvalue weighted by Crippen LogP contribution is -2.60. The summed E-state index contributed by atoms with van der Waals surface area (Å²) < 4.78 is 0. The summed E-state index contributed by atoms with van der Waals surface area (Å²) in [7, 11) is 0. The van der Waals surface area contributed by atoms with Crippen LogP contribution >= 0.6 is 0 Å². The number of benzene rings is 1. The van der Waals surface area contributed by atoms with E-state index >= 15 is 0 Å². The molecule has 1 aromatic rings. The second-order valence-corrected chi connectivity index (χ2v) is 12.9. The standard InChI is InChI=1S/C28H55N11O8.C7H8/c1-5-33-28(47)23(16(4)40)39-26(45)19(8-11-31)37-25(44)18(7-10-30)38-27(46)20(12-15(2)3)36-22(42)14-34-24(43)17(6-9-29)35-21(41)13-32;1-7-5-3-2-4-6-7/h15-20,23,40H,5-14,29-32H2,1-4H3,(H,33,47)(H,34,43)(H,35,41)(H,36,42)(H,37,44)(H,38,46)(H,39,45);2-6H,1H3. The Bertz CT molecular complexity index is 1320. The van der Waals surface area contributed by atoms with E-state index in [9.17, 15) is 38.7 Å². The van der Waals surface area contributed by atoms with Crippen LogP contribution in [-0.2, 0) is 33.6 Å². The average Bonchev–Trinajstić information content (AvgIpc) is 3.12. The minimum Gasteiger partial charge on any atom is -0.391 e. The first-order valence-corrected chi connectivity index (χ1v) is 18.1. The highest BCUT2D eigenvalue weighted by atomic mass is 16.3. The van der Waals surface area contributed by atoms with E-state index in [0.717, 1.165) is 0 Å². The molecule has 0 aromatic heterocycles. The van der Waals surface area contributed by atoms with E-state index < -0.39 is 84.2 Å². The molecule has 1 aromatic carbocycles. The predicted octanol–water partition coefficient (Wildman–Crippen LogP) is -3.91. The number of aliphatic hydroxyl groups excluding tert-OH is 1. The minimum atomic E-state index is -1.29. The fourth-order valence-corrected chi connectivity index (χ4v) is 4.82. The van der Waals surface area contributed by atoms with Gasteiger partial charge in [0.15, 0.2) is 0 Å². The van der Waals surface area contributed by atoms with Crippen LogP contribution in [0.3, 0.4) is 0 Å². The van der Waals surface area contributed by atoms with E-state index in [2.05, 4.69) is 56.3 Å². The molecule has 0 aliphatic heterocycles. The van der Waals surface area contributed by atoms with Crippen LogP contribution in [0.5, 0.6) is 0 Å². The molecule has 1 rings (SSSR count). The zero-order chi connectivity index (χ0) is 41.2. The highest BCUT2D eigenvalue weighted by Gasteiger charge is 2.32. The first kappa shape index (κ1) is 49.3. The van der Waals surface area contributed by atoms with Gasteiger partial charge in [0.25, 0.3) is 0 Å². The molecule has 6 unspecified atom stereocenters. The molecular formula is C35H63N11O8. The van der Waals surface area contributed by atoms with Crippen LogP contribution in [0.25, 0.3) is 0 Å². The van der Waals surface area contributed by atoms with Crippen molar-refractivity contribution in [3.8, 4) is 0 Å². The third kappa shape index (κ3) is 20.5. The van der Waals surface area contributed by atoms with Gasteiger partial charge in [0.2, 0.25) is 41.4 Å². The van der Waals surface area contributed by atoms with Crippen LogP contribution in [0.15, 0.2) is 30.3 Å². The lowest BCUT2D eigenvalue weighted by molar-refractivity contribution is -0.135. The molecule has 0 saturated heterocycles. The van der Waals surface area contributed by atoms with Crippen molar-refractivity contribution in [3.05, 3.63) is 35.9 Å². The fraction of sp³-hybridized carbons (Fsp3) is 0.629. The average molecular weight is 766 g/mol. The Morgan fingerprint density at radius 3 is 1.48 bits per heavy atom. The maximum absolute atomic E-state index is 13.3. The third-order valence-corrected chi connectivity index (χ3v) is 7.61. The first-order valence-electron chi connectivity index (χ1n) is 18.1. The van der Waals surface area contributed by atoms with E-state index in [1.165, 1.54) is 12.5 Å². The highest BCUT2D eigenvalue weighted by Crippen LogP contribution is 2.07. The number of aryl methyl sites for hydroxylation is 1. The van der Waals surface area contributed by atoms with Gasteiger partial charge in [-0.2, -0.15) is 0 Å². The second kappa shape index (κ2) is 27.9. The lowest BCUT2D eigenvalue weighted by Gasteiger charge is -2.27. The number of amides is 7. The van der Waals surface area contributed by atoms with Crippen molar-refractivity contribution in [1.29, 1.82) is 0 Å². The van der Waals surface area contributed by atoms with Crippen LogP contribution in [-0.4, -0.2) is 122 Å². The molecule has 7 amide bonds. The number of nitrogens with two attached hydrogens (primary N) is 4. The SMILES string of the molecule is CCNC(=O)C(NC(=O)C(CCN)NC(=O)C(CCN)NC(=O)C(CC(C)C)NC(=O)CNC(=O)C(CCN)NC(=O)CN)C(C)O.Cc1ccccc1. The van der Waals surface area contributed by atoms with E-state index in [1.54, 1.807) is 6.92 Å². The fourth-order valence-electron chi connectivity index (χ4n) is 4.82. The van der Waals surface area contributed by atoms with Gasteiger partial charge in [-0.3, -0.25) is 33.6 Å². The molecule has 0 aliphatic rings. The quantitative estimate of drug-likeness (QED) is 0.0509. The van der Waals surface area contributed by atoms with Crippen molar-refractivity contribution in [2.75, 3.05) is 39.3 Å². The Labute approximate surface area is 317 Å². The van der Waals surface area contributed by atoms with Gasteiger partial charge in [0.1, 0.15) is 30.2 Å². The smallest absolute Gasteiger partial charge is 0.245 e. The highest BCUT2D eigenvalue weighted by molar-refractivity contribution is 5.96. The molecule has 0 spiro atoms. The summed E-state index contributed by atoms with van der Waals surface area (Å²) in [6, 6.07) is 4.42. The lowest BCUT2D eigenvalue weighted by atomic mass is 10.0. The van der Waals surface area contributed by atoms with Crippen molar-refractivity contribution in [3.63, 3.8) is 0 Å². The largest absolute Gasteiger partial charge is 0.391 e. The third-order valence-electron chi connectivity index (χ3n) is 7.61. The maximum atomic E-state index is 13.3. The molecule has 0 bridgehead atoms. The zero-order valence-electron chi connectivity index (χ0n) is 32.1. The number of rotatable bonds is 23. The Hall–Kier alpha value is -4.69.